The molecule has 0 radical (unpaired) electrons. The molecule has 1 aliphatic heterocycles. The zero-order chi connectivity index (χ0) is 17.0. The molecule has 0 aliphatic carbocycles. The SMILES string of the molecule is C[C@H]1CNCCN1C(=O)CCNS(=O)(=O)c1ccc(F)c(F)c1.Cl. The molecule has 0 aromatic heterocycles. The summed E-state index contributed by atoms with van der Waals surface area (Å²) in [6.45, 7) is 3.80. The van der Waals surface area contributed by atoms with Crippen molar-refractivity contribution in [2.24, 2.45) is 0 Å². The van der Waals surface area contributed by atoms with Gasteiger partial charge < -0.3 is 10.2 Å². The van der Waals surface area contributed by atoms with Crippen molar-refractivity contribution in [1.82, 2.24) is 14.9 Å². The van der Waals surface area contributed by atoms with E-state index in [0.29, 0.717) is 25.7 Å². The highest BCUT2D eigenvalue weighted by Gasteiger charge is 2.23. The fraction of sp³-hybridized carbons (Fsp3) is 0.500. The molecule has 10 heteroatoms. The first-order chi connectivity index (χ1) is 10.8. The average molecular weight is 384 g/mol. The van der Waals surface area contributed by atoms with Gasteiger partial charge in [0.05, 0.1) is 4.90 Å². The number of hydrogen-bond donors (Lipinski definition) is 2. The first-order valence-corrected chi connectivity index (χ1v) is 8.74. The van der Waals surface area contributed by atoms with Gasteiger partial charge in [-0.2, -0.15) is 0 Å². The summed E-state index contributed by atoms with van der Waals surface area (Å²) in [5.41, 5.74) is 0. The zero-order valence-corrected chi connectivity index (χ0v) is 14.7. The van der Waals surface area contributed by atoms with Crippen LogP contribution in [-0.2, 0) is 14.8 Å². The normalized spacial score (nSPS) is 18.1. The molecule has 0 spiro atoms. The van der Waals surface area contributed by atoms with E-state index in [-0.39, 0.29) is 42.2 Å². The second kappa shape index (κ2) is 8.70. The average Bonchev–Trinajstić information content (AvgIpc) is 2.50. The van der Waals surface area contributed by atoms with E-state index in [1.807, 2.05) is 6.92 Å². The summed E-state index contributed by atoms with van der Waals surface area (Å²) in [5, 5.41) is 3.16. The molecular formula is C14H20ClF2N3O3S. The lowest BCUT2D eigenvalue weighted by Crippen LogP contribution is -2.52. The van der Waals surface area contributed by atoms with Crippen LogP contribution in [0.2, 0.25) is 0 Å². The predicted molar refractivity (Wildman–Crippen MR) is 87.5 cm³/mol. The number of halogens is 3. The van der Waals surface area contributed by atoms with E-state index in [4.69, 9.17) is 0 Å². The maximum atomic E-state index is 13.1. The summed E-state index contributed by atoms with van der Waals surface area (Å²) in [6.07, 6.45) is 0.00719. The van der Waals surface area contributed by atoms with Crippen molar-refractivity contribution in [3.8, 4) is 0 Å². The Bertz CT molecular complexity index is 688. The van der Waals surface area contributed by atoms with Gasteiger partial charge in [0.1, 0.15) is 0 Å². The summed E-state index contributed by atoms with van der Waals surface area (Å²) in [5.74, 6) is -2.50. The monoisotopic (exact) mass is 383 g/mol. The highest BCUT2D eigenvalue weighted by molar-refractivity contribution is 7.89. The molecule has 24 heavy (non-hydrogen) atoms. The van der Waals surface area contributed by atoms with Gasteiger partial charge in [0, 0.05) is 38.6 Å². The summed E-state index contributed by atoms with van der Waals surface area (Å²) >= 11 is 0. The van der Waals surface area contributed by atoms with Crippen LogP contribution < -0.4 is 10.0 Å². The number of benzene rings is 1. The van der Waals surface area contributed by atoms with Crippen LogP contribution in [-0.4, -0.2) is 51.4 Å². The third-order valence-electron chi connectivity index (χ3n) is 3.65. The lowest BCUT2D eigenvalue weighted by molar-refractivity contribution is -0.133. The molecule has 1 atom stereocenters. The van der Waals surface area contributed by atoms with Crippen LogP contribution in [0.1, 0.15) is 13.3 Å². The molecule has 2 rings (SSSR count). The summed E-state index contributed by atoms with van der Waals surface area (Å²) in [7, 11) is -3.98. The minimum atomic E-state index is -3.98. The Kier molecular flexibility index (Phi) is 7.53. The third kappa shape index (κ3) is 5.10. The number of rotatable bonds is 5. The van der Waals surface area contributed by atoms with E-state index in [1.165, 1.54) is 0 Å². The van der Waals surface area contributed by atoms with Crippen molar-refractivity contribution < 1.29 is 22.0 Å². The van der Waals surface area contributed by atoms with Crippen molar-refractivity contribution >= 4 is 28.3 Å². The molecule has 6 nitrogen and oxygen atoms in total. The van der Waals surface area contributed by atoms with Gasteiger partial charge >= 0.3 is 0 Å². The number of carbonyl (C=O) groups excluding carboxylic acids is 1. The highest BCUT2D eigenvalue weighted by Crippen LogP contribution is 2.13. The molecular weight excluding hydrogens is 364 g/mol. The Labute approximate surface area is 146 Å². The van der Waals surface area contributed by atoms with Crippen LogP contribution in [0.5, 0.6) is 0 Å². The summed E-state index contributed by atoms with van der Waals surface area (Å²) < 4.78 is 52.1. The number of amides is 1. The van der Waals surface area contributed by atoms with Crippen molar-refractivity contribution in [3.63, 3.8) is 0 Å². The van der Waals surface area contributed by atoms with Gasteiger partial charge in [-0.25, -0.2) is 21.9 Å². The van der Waals surface area contributed by atoms with E-state index >= 15 is 0 Å². The molecule has 0 unspecified atom stereocenters. The molecule has 1 aromatic carbocycles. The molecule has 1 amide bonds. The third-order valence-corrected chi connectivity index (χ3v) is 5.11. The van der Waals surface area contributed by atoms with E-state index in [9.17, 15) is 22.0 Å². The van der Waals surface area contributed by atoms with E-state index < -0.39 is 21.7 Å². The molecule has 1 saturated heterocycles. The first-order valence-electron chi connectivity index (χ1n) is 7.26. The Balaban J connectivity index is 0.00000288. The molecule has 1 fully saturated rings. The highest BCUT2D eigenvalue weighted by atomic mass is 35.5. The van der Waals surface area contributed by atoms with E-state index in [2.05, 4.69) is 10.0 Å². The van der Waals surface area contributed by atoms with Gasteiger partial charge in [0.15, 0.2) is 11.6 Å². The number of piperazine rings is 1. The molecule has 136 valence electrons. The topological polar surface area (TPSA) is 78.5 Å². The minimum absolute atomic E-state index is 0. The lowest BCUT2D eigenvalue weighted by Gasteiger charge is -2.34. The second-order valence-electron chi connectivity index (χ2n) is 5.36. The van der Waals surface area contributed by atoms with Crippen LogP contribution in [0, 0.1) is 11.6 Å². The minimum Gasteiger partial charge on any atom is -0.337 e. The van der Waals surface area contributed by atoms with Gasteiger partial charge in [0.2, 0.25) is 15.9 Å². The summed E-state index contributed by atoms with van der Waals surface area (Å²) in [4.78, 5) is 13.4. The maximum Gasteiger partial charge on any atom is 0.240 e. The molecule has 1 heterocycles. The predicted octanol–water partition coefficient (Wildman–Crippen LogP) is 0.875. The van der Waals surface area contributed by atoms with Gasteiger partial charge in [-0.1, -0.05) is 0 Å². The van der Waals surface area contributed by atoms with E-state index in [1.54, 1.807) is 4.90 Å². The van der Waals surface area contributed by atoms with Crippen molar-refractivity contribution in [1.29, 1.82) is 0 Å². The van der Waals surface area contributed by atoms with Crippen molar-refractivity contribution in [2.45, 2.75) is 24.3 Å². The van der Waals surface area contributed by atoms with Gasteiger partial charge in [0.25, 0.3) is 0 Å². The Morgan fingerprint density at radius 1 is 1.38 bits per heavy atom. The van der Waals surface area contributed by atoms with Crippen molar-refractivity contribution in [3.05, 3.63) is 29.8 Å². The number of carbonyl (C=O) groups is 1. The molecule has 1 aliphatic rings. The quantitative estimate of drug-likeness (QED) is 0.791. The lowest BCUT2D eigenvalue weighted by atomic mass is 10.2. The number of nitrogens with one attached hydrogen (secondary N) is 2. The Morgan fingerprint density at radius 2 is 2.08 bits per heavy atom. The zero-order valence-electron chi connectivity index (χ0n) is 13.1. The molecule has 0 saturated carbocycles. The molecule has 2 N–H and O–H groups in total. The standard InChI is InChI=1S/C14H19F2N3O3S.ClH/c1-10-9-17-6-7-19(10)14(20)4-5-18-23(21,22)11-2-3-12(15)13(16)8-11;/h2-3,8,10,17-18H,4-7,9H2,1H3;1H/t10-;/m0./s1. The fourth-order valence-corrected chi connectivity index (χ4v) is 3.42. The number of sulfonamides is 1. The van der Waals surface area contributed by atoms with Crippen molar-refractivity contribution in [2.75, 3.05) is 26.2 Å². The second-order valence-corrected chi connectivity index (χ2v) is 7.13. The Morgan fingerprint density at radius 3 is 2.71 bits per heavy atom. The fourth-order valence-electron chi connectivity index (χ4n) is 2.37. The number of nitrogens with zero attached hydrogens (tertiary/aromatic N) is 1. The van der Waals surface area contributed by atoms with Gasteiger partial charge in [-0.3, -0.25) is 4.79 Å². The Hall–Kier alpha value is -1.29. The van der Waals surface area contributed by atoms with Crippen LogP contribution in [0.25, 0.3) is 0 Å². The van der Waals surface area contributed by atoms with Gasteiger partial charge in [-0.15, -0.1) is 12.4 Å². The van der Waals surface area contributed by atoms with Crippen LogP contribution in [0.15, 0.2) is 23.1 Å². The number of hydrogen-bond acceptors (Lipinski definition) is 4. The molecule has 0 bridgehead atoms. The van der Waals surface area contributed by atoms with Gasteiger partial charge in [-0.05, 0) is 25.1 Å². The maximum absolute atomic E-state index is 13.1. The van der Waals surface area contributed by atoms with Crippen LogP contribution in [0.3, 0.4) is 0 Å². The van der Waals surface area contributed by atoms with Crippen LogP contribution in [0.4, 0.5) is 8.78 Å². The first kappa shape index (κ1) is 20.8. The smallest absolute Gasteiger partial charge is 0.240 e. The summed E-state index contributed by atoms with van der Waals surface area (Å²) in [6, 6.07) is 2.38. The van der Waals surface area contributed by atoms with E-state index in [0.717, 1.165) is 12.1 Å². The largest absolute Gasteiger partial charge is 0.337 e. The van der Waals surface area contributed by atoms with Crippen LogP contribution >= 0.6 is 12.4 Å². The molecule has 1 aromatic rings.